The summed E-state index contributed by atoms with van der Waals surface area (Å²) >= 11 is 1.65. The quantitative estimate of drug-likeness (QED) is 0.909. The minimum absolute atomic E-state index is 0.102. The first-order chi connectivity index (χ1) is 8.99. The summed E-state index contributed by atoms with van der Waals surface area (Å²) < 4.78 is 13.8. The van der Waals surface area contributed by atoms with Crippen molar-refractivity contribution < 1.29 is 9.18 Å². The van der Waals surface area contributed by atoms with E-state index in [1.165, 1.54) is 16.5 Å². The Morgan fingerprint density at radius 2 is 2.00 bits per heavy atom. The molecule has 0 fully saturated rings. The maximum absolute atomic E-state index is 13.8. The van der Waals surface area contributed by atoms with Crippen molar-refractivity contribution in [2.24, 2.45) is 0 Å². The minimum Gasteiger partial charge on any atom is -0.347 e. The molecular weight excluding hydrogens is 261 g/mol. The highest BCUT2D eigenvalue weighted by Crippen LogP contribution is 2.20. The Morgan fingerprint density at radius 3 is 2.63 bits per heavy atom. The fourth-order valence-electron chi connectivity index (χ4n) is 1.82. The van der Waals surface area contributed by atoms with Crippen LogP contribution in [0.2, 0.25) is 0 Å². The molecule has 0 aliphatic heterocycles. The van der Waals surface area contributed by atoms with Crippen LogP contribution in [0, 0.1) is 26.6 Å². The Labute approximate surface area is 116 Å². The SMILES string of the molecule is Cc1cc(CNC(=O)c2cccc(C)c2F)sc1C. The van der Waals surface area contributed by atoms with E-state index >= 15 is 0 Å². The van der Waals surface area contributed by atoms with Crippen LogP contribution in [-0.2, 0) is 6.54 Å². The molecule has 1 N–H and O–H groups in total. The topological polar surface area (TPSA) is 29.1 Å². The van der Waals surface area contributed by atoms with E-state index in [2.05, 4.69) is 5.32 Å². The second kappa shape index (κ2) is 5.53. The maximum Gasteiger partial charge on any atom is 0.254 e. The lowest BCUT2D eigenvalue weighted by atomic mass is 10.1. The monoisotopic (exact) mass is 277 g/mol. The molecule has 0 aliphatic rings. The normalized spacial score (nSPS) is 10.5. The molecule has 1 aromatic heterocycles. The lowest BCUT2D eigenvalue weighted by Crippen LogP contribution is -2.23. The molecule has 0 spiro atoms. The molecular formula is C15H16FNOS. The first kappa shape index (κ1) is 13.7. The van der Waals surface area contributed by atoms with E-state index < -0.39 is 5.82 Å². The van der Waals surface area contributed by atoms with E-state index in [0.29, 0.717) is 12.1 Å². The third-order valence-corrected chi connectivity index (χ3v) is 4.23. The summed E-state index contributed by atoms with van der Waals surface area (Å²) in [6.45, 7) is 6.17. The van der Waals surface area contributed by atoms with Crippen molar-refractivity contribution in [2.45, 2.75) is 27.3 Å². The molecule has 1 amide bonds. The summed E-state index contributed by atoms with van der Waals surface area (Å²) in [4.78, 5) is 14.3. The Balaban J connectivity index is 2.07. The van der Waals surface area contributed by atoms with Gasteiger partial charge in [0.15, 0.2) is 0 Å². The largest absolute Gasteiger partial charge is 0.347 e. The molecule has 0 saturated heterocycles. The highest BCUT2D eigenvalue weighted by atomic mass is 32.1. The number of nitrogens with one attached hydrogen (secondary N) is 1. The molecule has 1 aromatic carbocycles. The van der Waals surface area contributed by atoms with Gasteiger partial charge in [0.2, 0.25) is 0 Å². The number of rotatable bonds is 3. The van der Waals surface area contributed by atoms with Gasteiger partial charge in [-0.25, -0.2) is 4.39 Å². The summed E-state index contributed by atoms with van der Waals surface area (Å²) in [5.41, 5.74) is 1.80. The van der Waals surface area contributed by atoms with Gasteiger partial charge in [0.05, 0.1) is 12.1 Å². The standard InChI is InChI=1S/C15H16FNOS/c1-9-5-4-6-13(14(9)16)15(18)17-8-12-7-10(2)11(3)19-12/h4-7H,8H2,1-3H3,(H,17,18). The van der Waals surface area contributed by atoms with Crippen LogP contribution in [0.3, 0.4) is 0 Å². The summed E-state index contributed by atoms with van der Waals surface area (Å²) in [6, 6.07) is 6.89. The van der Waals surface area contributed by atoms with E-state index in [1.54, 1.807) is 30.4 Å². The predicted molar refractivity (Wildman–Crippen MR) is 76.1 cm³/mol. The number of hydrogen-bond donors (Lipinski definition) is 1. The molecule has 2 nitrogen and oxygen atoms in total. The number of thiophene rings is 1. The van der Waals surface area contributed by atoms with Crippen LogP contribution in [0.15, 0.2) is 24.3 Å². The molecule has 0 bridgehead atoms. The van der Waals surface area contributed by atoms with Gasteiger partial charge in [0, 0.05) is 9.75 Å². The molecule has 0 saturated carbocycles. The molecule has 19 heavy (non-hydrogen) atoms. The third kappa shape index (κ3) is 3.01. The first-order valence-corrected chi connectivity index (χ1v) is 6.90. The second-order valence-electron chi connectivity index (χ2n) is 4.57. The molecule has 4 heteroatoms. The van der Waals surface area contributed by atoms with Gasteiger partial charge < -0.3 is 5.32 Å². The first-order valence-electron chi connectivity index (χ1n) is 6.08. The lowest BCUT2D eigenvalue weighted by molar-refractivity contribution is 0.0947. The van der Waals surface area contributed by atoms with E-state index in [4.69, 9.17) is 0 Å². The summed E-state index contributed by atoms with van der Waals surface area (Å²) in [6.07, 6.45) is 0. The van der Waals surface area contributed by atoms with Crippen LogP contribution < -0.4 is 5.32 Å². The van der Waals surface area contributed by atoms with Crippen molar-refractivity contribution in [1.29, 1.82) is 0 Å². The minimum atomic E-state index is -0.446. The smallest absolute Gasteiger partial charge is 0.254 e. The van der Waals surface area contributed by atoms with Gasteiger partial charge in [-0.2, -0.15) is 0 Å². The van der Waals surface area contributed by atoms with E-state index in [0.717, 1.165) is 4.88 Å². The van der Waals surface area contributed by atoms with Crippen molar-refractivity contribution in [3.05, 3.63) is 56.5 Å². The highest BCUT2D eigenvalue weighted by molar-refractivity contribution is 7.12. The van der Waals surface area contributed by atoms with Crippen LogP contribution in [-0.4, -0.2) is 5.91 Å². The maximum atomic E-state index is 13.8. The third-order valence-electron chi connectivity index (χ3n) is 3.08. The molecule has 0 unspecified atom stereocenters. The Morgan fingerprint density at radius 1 is 1.26 bits per heavy atom. The summed E-state index contributed by atoms with van der Waals surface area (Å²) in [5.74, 6) is -0.816. The Kier molecular flexibility index (Phi) is 4.00. The van der Waals surface area contributed by atoms with Crippen LogP contribution in [0.25, 0.3) is 0 Å². The number of benzene rings is 1. The van der Waals surface area contributed by atoms with Crippen LogP contribution in [0.5, 0.6) is 0 Å². The number of carbonyl (C=O) groups is 1. The van der Waals surface area contributed by atoms with E-state index in [-0.39, 0.29) is 11.5 Å². The molecule has 1 heterocycles. The van der Waals surface area contributed by atoms with Crippen molar-refractivity contribution in [1.82, 2.24) is 5.32 Å². The number of hydrogen-bond acceptors (Lipinski definition) is 2. The van der Waals surface area contributed by atoms with Crippen molar-refractivity contribution in [2.75, 3.05) is 0 Å². The molecule has 0 aliphatic carbocycles. The fourth-order valence-corrected chi connectivity index (χ4v) is 2.82. The van der Waals surface area contributed by atoms with Gasteiger partial charge in [-0.05, 0) is 44.0 Å². The molecule has 2 rings (SSSR count). The zero-order valence-corrected chi connectivity index (χ0v) is 12.0. The van der Waals surface area contributed by atoms with E-state index in [1.807, 2.05) is 19.9 Å². The molecule has 2 aromatic rings. The van der Waals surface area contributed by atoms with Gasteiger partial charge in [0.1, 0.15) is 5.82 Å². The molecule has 0 atom stereocenters. The van der Waals surface area contributed by atoms with Crippen molar-refractivity contribution in [3.63, 3.8) is 0 Å². The van der Waals surface area contributed by atoms with Crippen LogP contribution >= 0.6 is 11.3 Å². The van der Waals surface area contributed by atoms with Crippen LogP contribution in [0.4, 0.5) is 4.39 Å². The summed E-state index contributed by atoms with van der Waals surface area (Å²) in [7, 11) is 0. The fraction of sp³-hybridized carbons (Fsp3) is 0.267. The second-order valence-corrected chi connectivity index (χ2v) is 5.91. The number of carbonyl (C=O) groups excluding carboxylic acids is 1. The summed E-state index contributed by atoms with van der Waals surface area (Å²) in [5, 5.41) is 2.76. The van der Waals surface area contributed by atoms with Gasteiger partial charge in [-0.1, -0.05) is 12.1 Å². The van der Waals surface area contributed by atoms with E-state index in [9.17, 15) is 9.18 Å². The van der Waals surface area contributed by atoms with Gasteiger partial charge in [0.25, 0.3) is 5.91 Å². The Hall–Kier alpha value is -1.68. The Bertz CT molecular complexity index is 599. The van der Waals surface area contributed by atoms with Gasteiger partial charge in [-0.3, -0.25) is 4.79 Å². The zero-order chi connectivity index (χ0) is 14.0. The molecule has 100 valence electrons. The van der Waals surface area contributed by atoms with Crippen molar-refractivity contribution >= 4 is 17.2 Å². The predicted octanol–water partition coefficient (Wildman–Crippen LogP) is 3.74. The number of amides is 1. The van der Waals surface area contributed by atoms with Crippen LogP contribution in [0.1, 0.15) is 31.2 Å². The molecule has 0 radical (unpaired) electrons. The highest BCUT2D eigenvalue weighted by Gasteiger charge is 2.13. The zero-order valence-electron chi connectivity index (χ0n) is 11.2. The number of aryl methyl sites for hydroxylation is 3. The number of halogens is 1. The average Bonchev–Trinajstić information content (AvgIpc) is 2.69. The van der Waals surface area contributed by atoms with Gasteiger partial charge in [-0.15, -0.1) is 11.3 Å². The van der Waals surface area contributed by atoms with Crippen molar-refractivity contribution in [3.8, 4) is 0 Å². The van der Waals surface area contributed by atoms with Gasteiger partial charge >= 0.3 is 0 Å². The average molecular weight is 277 g/mol. The lowest BCUT2D eigenvalue weighted by Gasteiger charge is -2.06.